The van der Waals surface area contributed by atoms with Crippen molar-refractivity contribution in [3.8, 4) is 22.9 Å². The van der Waals surface area contributed by atoms with Crippen LogP contribution in [-0.2, 0) is 0 Å². The zero-order valence-electron chi connectivity index (χ0n) is 14.9. The fraction of sp³-hybridized carbons (Fsp3) is 0.158. The summed E-state index contributed by atoms with van der Waals surface area (Å²) in [5.74, 6) is 0.669. The first kappa shape index (κ1) is 17.5. The first-order valence-corrected chi connectivity index (χ1v) is 8.55. The van der Waals surface area contributed by atoms with Crippen LogP contribution in [0.4, 0.5) is 10.2 Å². The van der Waals surface area contributed by atoms with Gasteiger partial charge in [-0.3, -0.25) is 5.10 Å². The Bertz CT molecular complexity index is 1150. The molecule has 140 valence electrons. The van der Waals surface area contributed by atoms with E-state index in [-0.39, 0.29) is 18.5 Å². The Kier molecular flexibility index (Phi) is 4.60. The van der Waals surface area contributed by atoms with Gasteiger partial charge in [0.2, 0.25) is 0 Å². The van der Waals surface area contributed by atoms with Gasteiger partial charge in [0.25, 0.3) is 0 Å². The van der Waals surface area contributed by atoms with E-state index in [1.165, 1.54) is 18.2 Å². The summed E-state index contributed by atoms with van der Waals surface area (Å²) in [6, 6.07) is 7.60. The maximum absolute atomic E-state index is 13.8. The van der Waals surface area contributed by atoms with Crippen LogP contribution in [0.25, 0.3) is 16.8 Å². The molecule has 0 aliphatic heterocycles. The Morgan fingerprint density at radius 3 is 3.04 bits per heavy atom. The predicted octanol–water partition coefficient (Wildman–Crippen LogP) is 3.33. The molecule has 28 heavy (non-hydrogen) atoms. The highest BCUT2D eigenvalue weighted by molar-refractivity contribution is 5.76. The van der Waals surface area contributed by atoms with Crippen molar-refractivity contribution in [2.75, 3.05) is 11.9 Å². The van der Waals surface area contributed by atoms with E-state index in [1.54, 1.807) is 35.4 Å². The standard InChI is InChI=1S/C19H16FN7O/c1-12(15-8-14(20)2-3-17(15)28-7-5-21)25-18-4-6-27-19(26-18)16(11-24-27)13-9-22-23-10-13/h2-4,6,8-12H,7H2,1H3,(H,22,23)(H,25,26). The second-order valence-electron chi connectivity index (χ2n) is 6.12. The lowest BCUT2D eigenvalue weighted by atomic mass is 10.1. The highest BCUT2D eigenvalue weighted by atomic mass is 19.1. The number of hydrogen-bond acceptors (Lipinski definition) is 6. The van der Waals surface area contributed by atoms with Crippen molar-refractivity contribution >= 4 is 11.5 Å². The maximum atomic E-state index is 13.8. The van der Waals surface area contributed by atoms with Crippen molar-refractivity contribution in [2.24, 2.45) is 0 Å². The third kappa shape index (κ3) is 3.35. The molecular weight excluding hydrogens is 361 g/mol. The van der Waals surface area contributed by atoms with Crippen molar-refractivity contribution in [1.82, 2.24) is 24.8 Å². The number of halogens is 1. The highest BCUT2D eigenvalue weighted by Crippen LogP contribution is 2.29. The Balaban J connectivity index is 1.64. The molecule has 0 saturated heterocycles. The Hall–Kier alpha value is -3.93. The van der Waals surface area contributed by atoms with Crippen molar-refractivity contribution in [3.63, 3.8) is 0 Å². The van der Waals surface area contributed by atoms with Gasteiger partial charge in [-0.05, 0) is 31.2 Å². The molecule has 0 bridgehead atoms. The summed E-state index contributed by atoms with van der Waals surface area (Å²) in [6.07, 6.45) is 6.99. The van der Waals surface area contributed by atoms with Crippen molar-refractivity contribution in [1.29, 1.82) is 5.26 Å². The van der Waals surface area contributed by atoms with E-state index in [1.807, 2.05) is 13.0 Å². The molecule has 0 aliphatic rings. The lowest BCUT2D eigenvalue weighted by Gasteiger charge is -2.18. The molecule has 0 fully saturated rings. The van der Waals surface area contributed by atoms with E-state index in [9.17, 15) is 4.39 Å². The van der Waals surface area contributed by atoms with E-state index in [2.05, 4.69) is 25.6 Å². The third-order valence-electron chi connectivity index (χ3n) is 4.27. The molecule has 0 aliphatic carbocycles. The summed E-state index contributed by atoms with van der Waals surface area (Å²) >= 11 is 0. The lowest BCUT2D eigenvalue weighted by molar-refractivity contribution is 0.361. The minimum absolute atomic E-state index is 0.112. The van der Waals surface area contributed by atoms with Gasteiger partial charge in [0, 0.05) is 29.1 Å². The van der Waals surface area contributed by atoms with E-state index >= 15 is 0 Å². The third-order valence-corrected chi connectivity index (χ3v) is 4.27. The fourth-order valence-corrected chi connectivity index (χ4v) is 2.95. The topological polar surface area (TPSA) is 104 Å². The number of nitrogens with one attached hydrogen (secondary N) is 2. The Morgan fingerprint density at radius 2 is 2.25 bits per heavy atom. The van der Waals surface area contributed by atoms with E-state index < -0.39 is 0 Å². The van der Waals surface area contributed by atoms with Crippen molar-refractivity contribution < 1.29 is 9.13 Å². The number of aromatic amines is 1. The molecule has 2 N–H and O–H groups in total. The smallest absolute Gasteiger partial charge is 0.174 e. The quantitative estimate of drug-likeness (QED) is 0.534. The Morgan fingerprint density at radius 1 is 1.36 bits per heavy atom. The number of H-pyrrole nitrogens is 1. The molecule has 3 heterocycles. The SMILES string of the molecule is CC(Nc1ccn2ncc(-c3cn[nH]c3)c2n1)c1cc(F)ccc1OCC#N. The van der Waals surface area contributed by atoms with Crippen LogP contribution in [0, 0.1) is 17.1 Å². The van der Waals surface area contributed by atoms with Gasteiger partial charge in [0.05, 0.1) is 18.4 Å². The molecule has 0 spiro atoms. The second kappa shape index (κ2) is 7.36. The number of rotatable bonds is 6. The van der Waals surface area contributed by atoms with Crippen LogP contribution < -0.4 is 10.1 Å². The molecule has 0 saturated carbocycles. The summed E-state index contributed by atoms with van der Waals surface area (Å²) in [6.45, 7) is 1.76. The molecule has 1 unspecified atom stereocenters. The molecule has 1 aromatic carbocycles. The number of hydrogen-bond donors (Lipinski definition) is 2. The van der Waals surface area contributed by atoms with Gasteiger partial charge >= 0.3 is 0 Å². The zero-order chi connectivity index (χ0) is 19.5. The molecule has 8 nitrogen and oxygen atoms in total. The van der Waals surface area contributed by atoms with Gasteiger partial charge in [0.1, 0.15) is 23.5 Å². The number of benzene rings is 1. The molecule has 9 heteroatoms. The largest absolute Gasteiger partial charge is 0.478 e. The number of aromatic nitrogens is 5. The van der Waals surface area contributed by atoms with Crippen molar-refractivity contribution in [2.45, 2.75) is 13.0 Å². The highest BCUT2D eigenvalue weighted by Gasteiger charge is 2.15. The fourth-order valence-electron chi connectivity index (χ4n) is 2.95. The summed E-state index contributed by atoms with van der Waals surface area (Å²) in [7, 11) is 0. The molecule has 1 atom stereocenters. The first-order chi connectivity index (χ1) is 13.7. The monoisotopic (exact) mass is 377 g/mol. The predicted molar refractivity (Wildman–Crippen MR) is 100 cm³/mol. The summed E-state index contributed by atoms with van der Waals surface area (Å²) in [5, 5.41) is 23.0. The van der Waals surface area contributed by atoms with Crippen LogP contribution in [0.3, 0.4) is 0 Å². The van der Waals surface area contributed by atoms with Gasteiger partial charge in [0.15, 0.2) is 12.3 Å². The summed E-state index contributed by atoms with van der Waals surface area (Å²) < 4.78 is 20.8. The maximum Gasteiger partial charge on any atom is 0.174 e. The van der Waals surface area contributed by atoms with E-state index in [0.717, 1.165) is 11.1 Å². The van der Waals surface area contributed by atoms with Gasteiger partial charge in [-0.25, -0.2) is 13.9 Å². The lowest BCUT2D eigenvalue weighted by Crippen LogP contribution is -2.11. The summed E-state index contributed by atoms with van der Waals surface area (Å²) in [5.41, 5.74) is 2.98. The number of nitriles is 1. The summed E-state index contributed by atoms with van der Waals surface area (Å²) in [4.78, 5) is 4.63. The second-order valence-corrected chi connectivity index (χ2v) is 6.12. The number of nitrogens with zero attached hydrogens (tertiary/aromatic N) is 5. The van der Waals surface area contributed by atoms with Crippen LogP contribution >= 0.6 is 0 Å². The normalized spacial score (nSPS) is 11.9. The number of ether oxygens (including phenoxy) is 1. The van der Waals surface area contributed by atoms with Gasteiger partial charge < -0.3 is 10.1 Å². The van der Waals surface area contributed by atoms with Crippen LogP contribution in [0.5, 0.6) is 5.75 Å². The number of anilines is 1. The van der Waals surface area contributed by atoms with Gasteiger partial charge in [-0.1, -0.05) is 0 Å². The van der Waals surface area contributed by atoms with Gasteiger partial charge in [-0.15, -0.1) is 0 Å². The van der Waals surface area contributed by atoms with E-state index in [0.29, 0.717) is 22.8 Å². The molecule has 4 aromatic rings. The number of fused-ring (bicyclic) bond motifs is 1. The van der Waals surface area contributed by atoms with Crippen LogP contribution in [0.15, 0.2) is 49.1 Å². The molecule has 4 rings (SSSR count). The van der Waals surface area contributed by atoms with Crippen molar-refractivity contribution in [3.05, 3.63) is 60.4 Å². The van der Waals surface area contributed by atoms with Crippen LogP contribution in [-0.4, -0.2) is 31.4 Å². The first-order valence-electron chi connectivity index (χ1n) is 8.55. The molecule has 3 aromatic heterocycles. The van der Waals surface area contributed by atoms with Crippen LogP contribution in [0.2, 0.25) is 0 Å². The molecular formula is C19H16FN7O. The van der Waals surface area contributed by atoms with Crippen LogP contribution in [0.1, 0.15) is 18.5 Å². The minimum atomic E-state index is -0.380. The van der Waals surface area contributed by atoms with Gasteiger partial charge in [-0.2, -0.15) is 15.5 Å². The molecule has 0 radical (unpaired) electrons. The molecule has 0 amide bonds. The average molecular weight is 377 g/mol. The average Bonchev–Trinajstić information content (AvgIpc) is 3.36. The minimum Gasteiger partial charge on any atom is -0.478 e. The Labute approximate surface area is 159 Å². The van der Waals surface area contributed by atoms with E-state index in [4.69, 9.17) is 10.00 Å². The zero-order valence-corrected chi connectivity index (χ0v) is 14.9.